The summed E-state index contributed by atoms with van der Waals surface area (Å²) in [5.74, 6) is 2.63. The quantitative estimate of drug-likeness (QED) is 0.372. The van der Waals surface area contributed by atoms with Crippen LogP contribution >= 0.6 is 0 Å². The molecule has 1 saturated heterocycles. The molecule has 13 nitrogen and oxygen atoms in total. The van der Waals surface area contributed by atoms with Crippen molar-refractivity contribution in [2.45, 2.75) is 18.9 Å². The zero-order valence-corrected chi connectivity index (χ0v) is 20.4. The maximum absolute atomic E-state index is 11.9. The lowest BCUT2D eigenvalue weighted by molar-refractivity contribution is -0.119. The van der Waals surface area contributed by atoms with E-state index in [9.17, 15) is 4.79 Å². The standard InChI is InChI=1S/C23H27N9O4/c1-30-11-26-21-18(30)22(29-23(28-21)32-7-5-6-14(32)20(24)33)27-17-10-31(12-25-17)13-8-15(34-2)19(36-4)16(9-13)35-3/h8-12,14H,5-7H2,1-4H3,(H2,24,33)(H,27,28,29). The molecule has 1 aliphatic rings. The van der Waals surface area contributed by atoms with Crippen molar-refractivity contribution in [1.82, 2.24) is 29.1 Å². The van der Waals surface area contributed by atoms with E-state index in [2.05, 4.69) is 20.3 Å². The fourth-order valence-electron chi connectivity index (χ4n) is 4.43. The summed E-state index contributed by atoms with van der Waals surface area (Å²) >= 11 is 0. The summed E-state index contributed by atoms with van der Waals surface area (Å²) < 4.78 is 20.0. The molecule has 0 saturated carbocycles. The van der Waals surface area contributed by atoms with Gasteiger partial charge in [0.25, 0.3) is 0 Å². The average Bonchev–Trinajstić information content (AvgIpc) is 3.63. The first-order chi connectivity index (χ1) is 17.4. The molecule has 0 radical (unpaired) electrons. The highest BCUT2D eigenvalue weighted by Crippen LogP contribution is 2.39. The minimum Gasteiger partial charge on any atom is -0.493 e. The number of methoxy groups -OCH3 is 3. The van der Waals surface area contributed by atoms with Gasteiger partial charge >= 0.3 is 0 Å². The molecule has 1 aliphatic heterocycles. The molecule has 3 N–H and O–H groups in total. The van der Waals surface area contributed by atoms with Crippen molar-refractivity contribution in [3.8, 4) is 22.9 Å². The molecular weight excluding hydrogens is 466 g/mol. The number of benzene rings is 1. The third-order valence-corrected chi connectivity index (χ3v) is 6.17. The predicted molar refractivity (Wildman–Crippen MR) is 132 cm³/mol. The summed E-state index contributed by atoms with van der Waals surface area (Å²) in [6.45, 7) is 0.640. The fraction of sp³-hybridized carbons (Fsp3) is 0.348. The number of nitrogens with one attached hydrogen (secondary N) is 1. The maximum atomic E-state index is 11.9. The molecule has 1 fully saturated rings. The largest absolute Gasteiger partial charge is 0.493 e. The first-order valence-corrected chi connectivity index (χ1v) is 11.3. The topological polar surface area (TPSA) is 147 Å². The smallest absolute Gasteiger partial charge is 0.240 e. The predicted octanol–water partition coefficient (Wildman–Crippen LogP) is 1.77. The van der Waals surface area contributed by atoms with Crippen LogP contribution in [0.4, 0.5) is 17.6 Å². The van der Waals surface area contributed by atoms with E-state index in [-0.39, 0.29) is 0 Å². The summed E-state index contributed by atoms with van der Waals surface area (Å²) in [5, 5.41) is 3.28. The van der Waals surface area contributed by atoms with Gasteiger partial charge in [-0.3, -0.25) is 4.79 Å². The third-order valence-electron chi connectivity index (χ3n) is 6.17. The molecule has 3 aromatic heterocycles. The molecule has 0 bridgehead atoms. The van der Waals surface area contributed by atoms with E-state index in [1.807, 2.05) is 39.4 Å². The Kier molecular flexibility index (Phi) is 5.96. The molecule has 4 heterocycles. The Bertz CT molecular complexity index is 1410. The van der Waals surface area contributed by atoms with E-state index in [0.29, 0.717) is 59.0 Å². The number of nitrogens with zero attached hydrogens (tertiary/aromatic N) is 7. The summed E-state index contributed by atoms with van der Waals surface area (Å²) in [7, 11) is 6.55. The van der Waals surface area contributed by atoms with Gasteiger partial charge in [-0.1, -0.05) is 0 Å². The third kappa shape index (κ3) is 3.97. The number of anilines is 3. The number of hydrogen-bond donors (Lipinski definition) is 2. The van der Waals surface area contributed by atoms with Gasteiger partial charge in [-0.15, -0.1) is 0 Å². The Morgan fingerprint density at radius 3 is 2.50 bits per heavy atom. The normalized spacial score (nSPS) is 15.3. The Hall–Kier alpha value is -4.55. The highest BCUT2D eigenvalue weighted by atomic mass is 16.5. The van der Waals surface area contributed by atoms with Crippen molar-refractivity contribution < 1.29 is 19.0 Å². The zero-order chi connectivity index (χ0) is 25.4. The monoisotopic (exact) mass is 493 g/mol. The van der Waals surface area contributed by atoms with Crippen LogP contribution in [-0.4, -0.2) is 68.9 Å². The zero-order valence-electron chi connectivity index (χ0n) is 20.4. The minimum absolute atomic E-state index is 0.393. The number of fused-ring (bicyclic) bond motifs is 1. The number of nitrogens with two attached hydrogens (primary N) is 1. The number of carbonyl (C=O) groups excluding carboxylic acids is 1. The minimum atomic E-state index is -0.446. The number of aromatic nitrogens is 6. The van der Waals surface area contributed by atoms with Crippen LogP contribution in [0.2, 0.25) is 0 Å². The summed E-state index contributed by atoms with van der Waals surface area (Å²) in [4.78, 5) is 32.0. The van der Waals surface area contributed by atoms with E-state index >= 15 is 0 Å². The molecule has 1 atom stereocenters. The number of primary amides is 1. The maximum Gasteiger partial charge on any atom is 0.240 e. The summed E-state index contributed by atoms with van der Waals surface area (Å²) in [5.41, 5.74) is 7.58. The number of rotatable bonds is 8. The van der Waals surface area contributed by atoms with Gasteiger partial charge in [-0.2, -0.15) is 9.97 Å². The molecule has 1 unspecified atom stereocenters. The van der Waals surface area contributed by atoms with Crippen molar-refractivity contribution in [1.29, 1.82) is 0 Å². The van der Waals surface area contributed by atoms with E-state index < -0.39 is 11.9 Å². The number of imidazole rings is 2. The SMILES string of the molecule is COc1cc(-n2cnc(Nc3nc(N4CCCC4C(N)=O)nc4ncn(C)c34)c2)cc(OC)c1OC. The van der Waals surface area contributed by atoms with E-state index in [0.717, 1.165) is 12.1 Å². The van der Waals surface area contributed by atoms with Crippen LogP contribution in [0.1, 0.15) is 12.8 Å². The van der Waals surface area contributed by atoms with Gasteiger partial charge in [0, 0.05) is 25.7 Å². The first kappa shape index (κ1) is 23.2. The van der Waals surface area contributed by atoms with Crippen molar-refractivity contribution in [2.75, 3.05) is 38.1 Å². The number of amides is 1. The highest BCUT2D eigenvalue weighted by Gasteiger charge is 2.32. The molecule has 36 heavy (non-hydrogen) atoms. The molecule has 1 aromatic carbocycles. The Labute approximate surface area is 206 Å². The van der Waals surface area contributed by atoms with Crippen LogP contribution < -0.4 is 30.2 Å². The molecule has 0 spiro atoms. The van der Waals surface area contributed by atoms with Gasteiger partial charge in [0.1, 0.15) is 23.7 Å². The molecule has 1 amide bonds. The van der Waals surface area contributed by atoms with Crippen LogP contribution in [0.5, 0.6) is 17.2 Å². The fourth-order valence-corrected chi connectivity index (χ4v) is 4.43. The Balaban J connectivity index is 1.51. The Morgan fingerprint density at radius 2 is 1.83 bits per heavy atom. The number of ether oxygens (including phenoxy) is 3. The van der Waals surface area contributed by atoms with Crippen LogP contribution in [0, 0.1) is 0 Å². The van der Waals surface area contributed by atoms with Crippen molar-refractivity contribution >= 4 is 34.7 Å². The molecule has 0 aliphatic carbocycles. The van der Waals surface area contributed by atoms with Crippen molar-refractivity contribution in [3.63, 3.8) is 0 Å². The second-order valence-corrected chi connectivity index (χ2v) is 8.33. The van der Waals surface area contributed by atoms with Gasteiger partial charge in [-0.05, 0) is 12.8 Å². The Morgan fingerprint density at radius 1 is 1.08 bits per heavy atom. The first-order valence-electron chi connectivity index (χ1n) is 11.3. The molecule has 188 valence electrons. The number of aryl methyl sites for hydroxylation is 1. The lowest BCUT2D eigenvalue weighted by Gasteiger charge is -2.22. The second kappa shape index (κ2) is 9.24. The van der Waals surface area contributed by atoms with Gasteiger partial charge < -0.3 is 39.3 Å². The van der Waals surface area contributed by atoms with E-state index in [4.69, 9.17) is 24.9 Å². The van der Waals surface area contributed by atoms with Crippen molar-refractivity contribution in [3.05, 3.63) is 31.0 Å². The van der Waals surface area contributed by atoms with Crippen molar-refractivity contribution in [2.24, 2.45) is 12.8 Å². The average molecular weight is 494 g/mol. The van der Waals surface area contributed by atoms with Gasteiger partial charge in [-0.25, -0.2) is 9.97 Å². The van der Waals surface area contributed by atoms with Gasteiger partial charge in [0.2, 0.25) is 17.6 Å². The van der Waals surface area contributed by atoms with Gasteiger partial charge in [0.15, 0.2) is 23.0 Å². The highest BCUT2D eigenvalue weighted by molar-refractivity contribution is 5.88. The molecular formula is C23H27N9O4. The summed E-state index contributed by atoms with van der Waals surface area (Å²) in [6, 6.07) is 3.21. The van der Waals surface area contributed by atoms with Crippen LogP contribution in [0.3, 0.4) is 0 Å². The number of carbonyl (C=O) groups is 1. The second-order valence-electron chi connectivity index (χ2n) is 8.33. The molecule has 13 heteroatoms. The molecule has 5 rings (SSSR count). The van der Waals surface area contributed by atoms with E-state index in [1.165, 1.54) is 0 Å². The van der Waals surface area contributed by atoms with Crippen LogP contribution in [-0.2, 0) is 11.8 Å². The van der Waals surface area contributed by atoms with Gasteiger partial charge in [0.05, 0.1) is 39.5 Å². The lowest BCUT2D eigenvalue weighted by atomic mass is 10.2. The number of hydrogen-bond acceptors (Lipinski definition) is 10. The lowest BCUT2D eigenvalue weighted by Crippen LogP contribution is -2.41. The molecule has 4 aromatic rings. The van der Waals surface area contributed by atoms with Crippen LogP contribution in [0.15, 0.2) is 31.0 Å². The van der Waals surface area contributed by atoms with Crippen LogP contribution in [0.25, 0.3) is 16.9 Å². The summed E-state index contributed by atoms with van der Waals surface area (Å²) in [6.07, 6.45) is 6.64. The van der Waals surface area contributed by atoms with E-state index in [1.54, 1.807) is 34.0 Å².